The van der Waals surface area contributed by atoms with Gasteiger partial charge in [0.15, 0.2) is 0 Å². The molecule has 6 heteroatoms. The normalized spacial score (nSPS) is 17.4. The van der Waals surface area contributed by atoms with Gasteiger partial charge in [-0.05, 0) is 53.4 Å². The van der Waals surface area contributed by atoms with Gasteiger partial charge < -0.3 is 5.32 Å². The Hall–Kier alpha value is -0.430. The Balaban J connectivity index is 2.23. The largest absolute Gasteiger partial charge is 0.310 e. The predicted octanol–water partition coefficient (Wildman–Crippen LogP) is 2.78. The summed E-state index contributed by atoms with van der Waals surface area (Å²) in [5, 5.41) is 3.29. The highest BCUT2D eigenvalue weighted by Crippen LogP contribution is 2.36. The van der Waals surface area contributed by atoms with Gasteiger partial charge in [0.2, 0.25) is 10.0 Å². The molecule has 0 heterocycles. The lowest BCUT2D eigenvalue weighted by Crippen LogP contribution is -2.34. The molecule has 20 heavy (non-hydrogen) atoms. The van der Waals surface area contributed by atoms with Crippen molar-refractivity contribution in [1.82, 2.24) is 10.0 Å². The van der Waals surface area contributed by atoms with Gasteiger partial charge >= 0.3 is 0 Å². The first kappa shape index (κ1) is 15.9. The van der Waals surface area contributed by atoms with E-state index in [-0.39, 0.29) is 5.54 Å². The third-order valence-corrected chi connectivity index (χ3v) is 6.01. The maximum atomic E-state index is 12.4. The van der Waals surface area contributed by atoms with Gasteiger partial charge in [-0.15, -0.1) is 0 Å². The van der Waals surface area contributed by atoms with E-state index in [1.165, 1.54) is 0 Å². The highest BCUT2D eigenvalue weighted by molar-refractivity contribution is 9.10. The lowest BCUT2D eigenvalue weighted by molar-refractivity contribution is 0.557. The van der Waals surface area contributed by atoms with Crippen molar-refractivity contribution in [2.45, 2.75) is 56.6 Å². The lowest BCUT2D eigenvalue weighted by Gasteiger charge is -2.15. The van der Waals surface area contributed by atoms with E-state index >= 15 is 0 Å². The Labute approximate surface area is 129 Å². The number of nitrogens with one attached hydrogen (secondary N) is 2. The topological polar surface area (TPSA) is 58.2 Å². The van der Waals surface area contributed by atoms with Crippen LogP contribution in [0, 0.1) is 0 Å². The summed E-state index contributed by atoms with van der Waals surface area (Å²) in [6.07, 6.45) is 1.80. The first-order valence-electron chi connectivity index (χ1n) is 6.78. The van der Waals surface area contributed by atoms with Crippen molar-refractivity contribution in [3.05, 3.63) is 28.2 Å². The van der Waals surface area contributed by atoms with Crippen LogP contribution in [0.4, 0.5) is 0 Å². The predicted molar refractivity (Wildman–Crippen MR) is 84.1 cm³/mol. The fourth-order valence-corrected chi connectivity index (χ4v) is 4.33. The molecule has 1 aliphatic rings. The molecule has 2 rings (SSSR count). The SMILES string of the molecule is CC(C)NCc1ccc(Br)c(S(=O)(=O)NC2(C)CC2)c1. The summed E-state index contributed by atoms with van der Waals surface area (Å²) in [6.45, 7) is 6.71. The Morgan fingerprint density at radius 1 is 1.35 bits per heavy atom. The van der Waals surface area contributed by atoms with Crippen molar-refractivity contribution in [1.29, 1.82) is 0 Å². The zero-order valence-corrected chi connectivity index (χ0v) is 14.4. The molecular formula is C14H21BrN2O2S. The minimum Gasteiger partial charge on any atom is -0.310 e. The van der Waals surface area contributed by atoms with E-state index in [4.69, 9.17) is 0 Å². The minimum atomic E-state index is -3.47. The van der Waals surface area contributed by atoms with Crippen LogP contribution >= 0.6 is 15.9 Å². The molecule has 0 unspecified atom stereocenters. The third-order valence-electron chi connectivity index (χ3n) is 3.38. The molecule has 0 amide bonds. The Morgan fingerprint density at radius 3 is 2.55 bits per heavy atom. The molecule has 1 saturated carbocycles. The molecule has 1 fully saturated rings. The first-order valence-corrected chi connectivity index (χ1v) is 9.05. The first-order chi connectivity index (χ1) is 9.22. The molecule has 112 valence electrons. The molecule has 0 saturated heterocycles. The molecule has 0 atom stereocenters. The van der Waals surface area contributed by atoms with Crippen LogP contribution in [0.25, 0.3) is 0 Å². The summed E-state index contributed by atoms with van der Waals surface area (Å²) in [6, 6.07) is 5.81. The Morgan fingerprint density at radius 2 is 2.00 bits per heavy atom. The molecule has 0 radical (unpaired) electrons. The average Bonchev–Trinajstić information content (AvgIpc) is 3.04. The van der Waals surface area contributed by atoms with E-state index in [0.717, 1.165) is 18.4 Å². The van der Waals surface area contributed by atoms with Crippen molar-refractivity contribution >= 4 is 26.0 Å². The van der Waals surface area contributed by atoms with Crippen molar-refractivity contribution in [3.63, 3.8) is 0 Å². The second-order valence-electron chi connectivity index (χ2n) is 5.97. The van der Waals surface area contributed by atoms with Gasteiger partial charge in [0.25, 0.3) is 0 Å². The van der Waals surface area contributed by atoms with Gasteiger partial charge in [-0.2, -0.15) is 0 Å². The maximum absolute atomic E-state index is 12.4. The lowest BCUT2D eigenvalue weighted by atomic mass is 10.2. The summed E-state index contributed by atoms with van der Waals surface area (Å²) in [4.78, 5) is 0.314. The summed E-state index contributed by atoms with van der Waals surface area (Å²) in [5.74, 6) is 0. The van der Waals surface area contributed by atoms with E-state index in [9.17, 15) is 8.42 Å². The molecule has 0 spiro atoms. The molecule has 0 aliphatic heterocycles. The van der Waals surface area contributed by atoms with Gasteiger partial charge in [0, 0.05) is 22.6 Å². The summed E-state index contributed by atoms with van der Waals surface area (Å²) >= 11 is 3.33. The van der Waals surface area contributed by atoms with Gasteiger partial charge in [0.05, 0.1) is 4.90 Å². The van der Waals surface area contributed by atoms with Crippen LogP contribution in [0.3, 0.4) is 0 Å². The maximum Gasteiger partial charge on any atom is 0.242 e. The quantitative estimate of drug-likeness (QED) is 0.819. The molecule has 1 aromatic rings. The zero-order valence-electron chi connectivity index (χ0n) is 12.0. The van der Waals surface area contributed by atoms with Gasteiger partial charge in [0.1, 0.15) is 0 Å². The second-order valence-corrected chi connectivity index (χ2v) is 8.47. The van der Waals surface area contributed by atoms with Gasteiger partial charge in [-0.25, -0.2) is 13.1 Å². The molecule has 0 bridgehead atoms. The number of sulfonamides is 1. The van der Waals surface area contributed by atoms with Crippen molar-refractivity contribution in [2.24, 2.45) is 0 Å². The van der Waals surface area contributed by atoms with Crippen LogP contribution in [0.2, 0.25) is 0 Å². The monoisotopic (exact) mass is 360 g/mol. The summed E-state index contributed by atoms with van der Waals surface area (Å²) < 4.78 is 28.3. The minimum absolute atomic E-state index is 0.259. The number of hydrogen-bond donors (Lipinski definition) is 2. The number of rotatable bonds is 6. The number of hydrogen-bond acceptors (Lipinski definition) is 3. The van der Waals surface area contributed by atoms with E-state index in [2.05, 4.69) is 39.8 Å². The van der Waals surface area contributed by atoms with Crippen molar-refractivity contribution in [2.75, 3.05) is 0 Å². The van der Waals surface area contributed by atoms with Crippen LogP contribution in [-0.4, -0.2) is 20.0 Å². The van der Waals surface area contributed by atoms with E-state index in [1.54, 1.807) is 12.1 Å². The molecular weight excluding hydrogens is 340 g/mol. The van der Waals surface area contributed by atoms with Crippen LogP contribution in [0.5, 0.6) is 0 Å². The molecule has 0 aromatic heterocycles. The number of halogens is 1. The fraction of sp³-hybridized carbons (Fsp3) is 0.571. The highest BCUT2D eigenvalue weighted by Gasteiger charge is 2.41. The van der Waals surface area contributed by atoms with Crippen LogP contribution in [0.15, 0.2) is 27.6 Å². The average molecular weight is 361 g/mol. The Bertz CT molecular complexity index is 595. The second kappa shape index (κ2) is 5.75. The molecule has 1 aromatic carbocycles. The van der Waals surface area contributed by atoms with E-state index < -0.39 is 10.0 Å². The van der Waals surface area contributed by atoms with E-state index in [1.807, 2.05) is 13.0 Å². The third kappa shape index (κ3) is 4.04. The summed E-state index contributed by atoms with van der Waals surface area (Å²) in [7, 11) is -3.47. The molecule has 2 N–H and O–H groups in total. The van der Waals surface area contributed by atoms with Crippen LogP contribution < -0.4 is 10.0 Å². The van der Waals surface area contributed by atoms with E-state index in [0.29, 0.717) is 22.0 Å². The zero-order chi connectivity index (χ0) is 15.0. The standard InChI is InChI=1S/C14H21BrN2O2S/c1-10(2)16-9-11-4-5-12(15)13(8-11)20(18,19)17-14(3)6-7-14/h4-5,8,10,16-17H,6-7,9H2,1-3H3. The summed E-state index contributed by atoms with van der Waals surface area (Å²) in [5.41, 5.74) is 0.702. The Kier molecular flexibility index (Phi) is 4.59. The number of benzene rings is 1. The van der Waals surface area contributed by atoms with Crippen molar-refractivity contribution < 1.29 is 8.42 Å². The van der Waals surface area contributed by atoms with Gasteiger partial charge in [-0.3, -0.25) is 0 Å². The van der Waals surface area contributed by atoms with Crippen molar-refractivity contribution in [3.8, 4) is 0 Å². The molecule has 4 nitrogen and oxygen atoms in total. The fourth-order valence-electron chi connectivity index (χ4n) is 1.85. The highest BCUT2D eigenvalue weighted by atomic mass is 79.9. The molecule has 1 aliphatic carbocycles. The van der Waals surface area contributed by atoms with Crippen LogP contribution in [-0.2, 0) is 16.6 Å². The van der Waals surface area contributed by atoms with Gasteiger partial charge in [-0.1, -0.05) is 19.9 Å². The smallest absolute Gasteiger partial charge is 0.242 e. The van der Waals surface area contributed by atoms with Crippen LogP contribution in [0.1, 0.15) is 39.2 Å².